The molecule has 24 heteroatoms. The highest BCUT2D eigenvalue weighted by atomic mass is 19.4. The predicted octanol–water partition coefficient (Wildman–Crippen LogP) is 10.7. The number of nitrogens with one attached hydrogen (secondary N) is 2. The van der Waals surface area contributed by atoms with Crippen molar-refractivity contribution in [1.29, 1.82) is 0 Å². The number of alkyl halides is 6. The van der Waals surface area contributed by atoms with Gasteiger partial charge in [0, 0.05) is 59.8 Å². The molecule has 2 saturated heterocycles. The first kappa shape index (κ1) is 52.3. The van der Waals surface area contributed by atoms with Gasteiger partial charge in [0.1, 0.15) is 23.3 Å². The molecular formula is C54H40F8N10O6. The van der Waals surface area contributed by atoms with Gasteiger partial charge in [-0.3, -0.25) is 19.6 Å². The molecule has 2 aliphatic rings. The van der Waals surface area contributed by atoms with Crippen LogP contribution in [0.5, 0.6) is 0 Å². The molecule has 4 amide bonds. The number of morpholine rings is 2. The highest BCUT2D eigenvalue weighted by Crippen LogP contribution is 2.34. The van der Waals surface area contributed by atoms with Crippen molar-refractivity contribution in [3.05, 3.63) is 179 Å². The minimum atomic E-state index is -4.80. The summed E-state index contributed by atoms with van der Waals surface area (Å²) in [5.74, 6) is -3.02. The number of carbonyl (C=O) groups is 4. The summed E-state index contributed by atoms with van der Waals surface area (Å²) in [5.41, 5.74) is -3.63. The Hall–Kier alpha value is -9.16. The minimum absolute atomic E-state index is 0.0320. The Bertz CT molecular complexity index is 3380. The number of fused-ring (bicyclic) bond motifs is 2. The molecule has 0 saturated carbocycles. The number of hydrazine groups is 1. The first-order valence-corrected chi connectivity index (χ1v) is 23.8. The molecule has 8 aromatic rings. The summed E-state index contributed by atoms with van der Waals surface area (Å²) < 4.78 is 125. The third-order valence-corrected chi connectivity index (χ3v) is 12.5. The number of nitrogens with zero attached hydrogens (tertiary/aromatic N) is 8. The Balaban J connectivity index is 1.09. The van der Waals surface area contributed by atoms with E-state index in [1.165, 1.54) is 36.4 Å². The Morgan fingerprint density at radius 1 is 0.462 bits per heavy atom. The molecule has 2 N–H and O–H groups in total. The number of carbonyl (C=O) groups excluding carboxylic acids is 4. The van der Waals surface area contributed by atoms with E-state index >= 15 is 8.78 Å². The maximum atomic E-state index is 16.2. The van der Waals surface area contributed by atoms with Gasteiger partial charge in [-0.05, 0) is 121 Å². The van der Waals surface area contributed by atoms with Crippen molar-refractivity contribution in [3.63, 3.8) is 0 Å². The molecule has 2 aliphatic heterocycles. The quantitative estimate of drug-likeness (QED) is 0.0754. The fraction of sp³-hybridized carbons (Fsp3) is 0.185. The van der Waals surface area contributed by atoms with Crippen LogP contribution >= 0.6 is 0 Å². The number of hydrogen-bond acceptors (Lipinski definition) is 12. The van der Waals surface area contributed by atoms with Gasteiger partial charge < -0.3 is 29.9 Å². The number of ether oxygens (including phenoxy) is 2. The molecule has 2 aromatic heterocycles. The second-order valence-corrected chi connectivity index (χ2v) is 17.8. The lowest BCUT2D eigenvalue weighted by Gasteiger charge is -2.35. The molecule has 0 radical (unpaired) electrons. The smallest absolute Gasteiger partial charge is 0.378 e. The van der Waals surface area contributed by atoms with Gasteiger partial charge in [0.2, 0.25) is 0 Å². The van der Waals surface area contributed by atoms with Crippen molar-refractivity contribution < 1.29 is 63.8 Å². The summed E-state index contributed by atoms with van der Waals surface area (Å²) in [4.78, 5) is 80.8. The topological polar surface area (TPSA) is 175 Å². The second kappa shape index (κ2) is 21.5. The molecular weight excluding hydrogens is 1040 g/mol. The average molecular weight is 1080 g/mol. The van der Waals surface area contributed by atoms with E-state index in [0.717, 1.165) is 48.5 Å². The van der Waals surface area contributed by atoms with Crippen LogP contribution in [0, 0.1) is 11.6 Å². The van der Waals surface area contributed by atoms with E-state index in [1.54, 1.807) is 12.4 Å². The van der Waals surface area contributed by atoms with Crippen LogP contribution < -0.4 is 30.5 Å². The zero-order chi connectivity index (χ0) is 54.9. The molecule has 78 heavy (non-hydrogen) atoms. The molecule has 0 spiro atoms. The molecule has 0 aliphatic carbocycles. The third kappa shape index (κ3) is 11.5. The average Bonchev–Trinajstić information content (AvgIpc) is 3.50. The largest absolute Gasteiger partial charge is 0.416 e. The fourth-order valence-electron chi connectivity index (χ4n) is 8.65. The molecule has 2 fully saturated rings. The third-order valence-electron chi connectivity index (χ3n) is 12.5. The van der Waals surface area contributed by atoms with Crippen LogP contribution in [0.1, 0.15) is 43.0 Å². The molecule has 16 nitrogen and oxygen atoms in total. The van der Waals surface area contributed by atoms with Gasteiger partial charge in [-0.15, -0.1) is 0 Å². The van der Waals surface area contributed by atoms with Crippen molar-refractivity contribution in [2.24, 2.45) is 0 Å². The number of urea groups is 2. The zero-order valence-corrected chi connectivity index (χ0v) is 40.4. The van der Waals surface area contributed by atoms with Gasteiger partial charge in [-0.1, -0.05) is 0 Å². The van der Waals surface area contributed by atoms with Crippen LogP contribution in [0.2, 0.25) is 0 Å². The second-order valence-electron chi connectivity index (χ2n) is 17.8. The minimum Gasteiger partial charge on any atom is -0.378 e. The van der Waals surface area contributed by atoms with Gasteiger partial charge in [-0.25, -0.2) is 28.3 Å². The number of rotatable bonds is 10. The van der Waals surface area contributed by atoms with Crippen LogP contribution in [0.3, 0.4) is 0 Å². The lowest BCUT2D eigenvalue weighted by Crippen LogP contribution is -2.54. The summed E-state index contributed by atoms with van der Waals surface area (Å²) in [6.07, 6.45) is -6.47. The monoisotopic (exact) mass is 1080 g/mol. The Kier molecular flexibility index (Phi) is 14.4. The first-order valence-electron chi connectivity index (χ1n) is 23.8. The molecule has 10 rings (SSSR count). The van der Waals surface area contributed by atoms with E-state index in [2.05, 4.69) is 30.6 Å². The lowest BCUT2D eigenvalue weighted by atomic mass is 10.0. The number of aromatic nitrogens is 4. The van der Waals surface area contributed by atoms with Gasteiger partial charge in [0.25, 0.3) is 0 Å². The van der Waals surface area contributed by atoms with E-state index < -0.39 is 81.2 Å². The molecule has 6 aromatic carbocycles. The van der Waals surface area contributed by atoms with Gasteiger partial charge in [-0.2, -0.15) is 36.4 Å². The number of ketones is 2. The summed E-state index contributed by atoms with van der Waals surface area (Å²) in [5, 5.41) is 5.49. The van der Waals surface area contributed by atoms with Crippen molar-refractivity contribution >= 4 is 80.1 Å². The van der Waals surface area contributed by atoms with Gasteiger partial charge >= 0.3 is 24.4 Å². The Morgan fingerprint density at radius 3 is 1.19 bits per heavy atom. The van der Waals surface area contributed by atoms with Crippen molar-refractivity contribution in [2.45, 2.75) is 12.4 Å². The standard InChI is InChI=1S/C54H40F8N10O6/c55-37-21-33(49(73)31-1-11-43-45(25-31)67-47(29-63-43)69-13-17-77-18-14-69)23-41(27-37)71(51(75)65-39-7-3-35(4-8-39)53(57,58)59)72(52(76)66-40-9-5-36(6-10-40)54(60,61)62)42-24-34(22-38(56)28-42)50(74)32-2-12-44-46(26-32)68-48(30-64-44)70-15-19-78-20-16-70/h1-12,21-30H,13-20H2,(H,65,75)(H,66,76). The van der Waals surface area contributed by atoms with Crippen LogP contribution in [-0.2, 0) is 21.8 Å². The Labute approximate surface area is 436 Å². The maximum Gasteiger partial charge on any atom is 0.416 e. The van der Waals surface area contributed by atoms with Gasteiger partial charge in [0.15, 0.2) is 11.6 Å². The van der Waals surface area contributed by atoms with Crippen molar-refractivity contribution in [2.75, 3.05) is 83.1 Å². The molecule has 4 heterocycles. The first-order chi connectivity index (χ1) is 37.3. The van der Waals surface area contributed by atoms with Crippen molar-refractivity contribution in [1.82, 2.24) is 19.9 Å². The number of anilines is 6. The van der Waals surface area contributed by atoms with E-state index in [-0.39, 0.29) is 33.5 Å². The van der Waals surface area contributed by atoms with E-state index in [0.29, 0.717) is 122 Å². The summed E-state index contributed by atoms with van der Waals surface area (Å²) in [7, 11) is 0. The molecule has 0 unspecified atom stereocenters. The fourth-order valence-corrected chi connectivity index (χ4v) is 8.65. The predicted molar refractivity (Wildman–Crippen MR) is 271 cm³/mol. The van der Waals surface area contributed by atoms with Crippen molar-refractivity contribution in [3.8, 4) is 0 Å². The van der Waals surface area contributed by atoms with E-state index in [4.69, 9.17) is 9.47 Å². The van der Waals surface area contributed by atoms with Crippen LogP contribution in [0.4, 0.5) is 79.1 Å². The molecule has 0 bridgehead atoms. The summed E-state index contributed by atoms with van der Waals surface area (Å²) >= 11 is 0. The number of amides is 4. The molecule has 398 valence electrons. The number of hydrogen-bond donors (Lipinski definition) is 2. The summed E-state index contributed by atoms with van der Waals surface area (Å²) in [6, 6.07) is 16.8. The van der Waals surface area contributed by atoms with E-state index in [9.17, 15) is 45.5 Å². The highest BCUT2D eigenvalue weighted by molar-refractivity contribution is 6.16. The SMILES string of the molecule is O=C(c1cc(F)cc(N(C(=O)Nc2ccc(C(F)(F)F)cc2)N(C(=O)Nc2ccc(C(F)(F)F)cc2)c2cc(F)cc(C(=O)c3ccc4ncc(N5CCOCC5)nc4c3)c2)c1)c1ccc2ncc(N3CCOCC3)nc2c1. The lowest BCUT2D eigenvalue weighted by molar-refractivity contribution is -0.138. The molecule has 0 atom stereocenters. The van der Waals surface area contributed by atoms with Gasteiger partial charge in [0.05, 0.1) is 83.4 Å². The van der Waals surface area contributed by atoms with Crippen LogP contribution in [0.25, 0.3) is 22.1 Å². The summed E-state index contributed by atoms with van der Waals surface area (Å²) in [6.45, 7) is 3.90. The van der Waals surface area contributed by atoms with Crippen LogP contribution in [-0.4, -0.2) is 96.2 Å². The maximum absolute atomic E-state index is 16.2. The normalized spacial score (nSPS) is 14.1. The number of benzene rings is 6. The van der Waals surface area contributed by atoms with E-state index in [1.807, 2.05) is 9.80 Å². The number of halogens is 8. The highest BCUT2D eigenvalue weighted by Gasteiger charge is 2.35. The van der Waals surface area contributed by atoms with Crippen LogP contribution in [0.15, 0.2) is 134 Å². The zero-order valence-electron chi connectivity index (χ0n) is 40.4. The Morgan fingerprint density at radius 2 is 0.833 bits per heavy atom.